The quantitative estimate of drug-likeness (QED) is 0.644. The molecule has 0 saturated heterocycles. The average Bonchev–Trinajstić information content (AvgIpc) is 2.79. The van der Waals surface area contributed by atoms with E-state index in [2.05, 4.69) is 38.5 Å². The molecule has 0 saturated carbocycles. The Labute approximate surface area is 114 Å². The van der Waals surface area contributed by atoms with Crippen LogP contribution in [0.25, 0.3) is 11.5 Å². The minimum Gasteiger partial charge on any atom is -0.328 e. The van der Waals surface area contributed by atoms with Crippen molar-refractivity contribution in [1.82, 2.24) is 14.5 Å². The Morgan fingerprint density at radius 2 is 2.28 bits per heavy atom. The number of allylic oxidation sites excluding steroid dienone is 1. The SMILES string of the molecule is C=CCCn1cc(C#N)nc1-c1cccc(Br)n1. The first-order chi connectivity index (χ1) is 8.74. The number of rotatable bonds is 4. The first-order valence-corrected chi connectivity index (χ1v) is 6.25. The summed E-state index contributed by atoms with van der Waals surface area (Å²) in [7, 11) is 0. The van der Waals surface area contributed by atoms with Gasteiger partial charge in [-0.05, 0) is 34.5 Å². The zero-order valence-corrected chi connectivity index (χ0v) is 11.3. The largest absolute Gasteiger partial charge is 0.328 e. The highest BCUT2D eigenvalue weighted by Crippen LogP contribution is 2.19. The molecule has 0 aliphatic carbocycles. The molecule has 2 aromatic heterocycles. The van der Waals surface area contributed by atoms with E-state index in [0.29, 0.717) is 11.5 Å². The molecule has 0 fully saturated rings. The summed E-state index contributed by atoms with van der Waals surface area (Å²) in [4.78, 5) is 8.64. The van der Waals surface area contributed by atoms with Crippen LogP contribution in [0.4, 0.5) is 0 Å². The molecule has 0 aromatic carbocycles. The summed E-state index contributed by atoms with van der Waals surface area (Å²) in [6, 6.07) is 7.67. The zero-order valence-electron chi connectivity index (χ0n) is 9.67. The molecule has 0 aliphatic heterocycles. The van der Waals surface area contributed by atoms with E-state index >= 15 is 0 Å². The van der Waals surface area contributed by atoms with Crippen LogP contribution in [-0.2, 0) is 6.54 Å². The zero-order chi connectivity index (χ0) is 13.0. The Morgan fingerprint density at radius 3 is 2.94 bits per heavy atom. The second-order valence-corrected chi connectivity index (χ2v) is 4.49. The third kappa shape index (κ3) is 2.66. The van der Waals surface area contributed by atoms with Crippen LogP contribution in [0.15, 0.2) is 41.7 Å². The van der Waals surface area contributed by atoms with E-state index in [1.807, 2.05) is 28.8 Å². The van der Waals surface area contributed by atoms with Crippen molar-refractivity contribution in [3.63, 3.8) is 0 Å². The Balaban J connectivity index is 2.45. The van der Waals surface area contributed by atoms with Crippen molar-refractivity contribution < 1.29 is 0 Å². The third-order valence-electron chi connectivity index (χ3n) is 2.41. The number of nitrogens with zero attached hydrogens (tertiary/aromatic N) is 4. The van der Waals surface area contributed by atoms with E-state index < -0.39 is 0 Å². The molecular formula is C13H11BrN4. The third-order valence-corrected chi connectivity index (χ3v) is 2.85. The number of imidazole rings is 1. The Hall–Kier alpha value is -1.93. The molecule has 0 amide bonds. The minimum absolute atomic E-state index is 0.399. The van der Waals surface area contributed by atoms with E-state index in [-0.39, 0.29) is 0 Å². The van der Waals surface area contributed by atoms with Gasteiger partial charge in [-0.25, -0.2) is 9.97 Å². The normalized spacial score (nSPS) is 10.0. The van der Waals surface area contributed by atoms with Crippen molar-refractivity contribution in [2.45, 2.75) is 13.0 Å². The number of aromatic nitrogens is 3. The molecule has 2 rings (SSSR count). The van der Waals surface area contributed by atoms with Gasteiger partial charge >= 0.3 is 0 Å². The number of hydrogen-bond acceptors (Lipinski definition) is 3. The standard InChI is InChI=1S/C13H11BrN4/c1-2-3-7-18-9-10(8-15)16-13(18)11-5-4-6-12(14)17-11/h2,4-6,9H,1,3,7H2. The maximum atomic E-state index is 8.93. The van der Waals surface area contributed by atoms with E-state index in [4.69, 9.17) is 5.26 Å². The number of halogens is 1. The number of hydrogen-bond donors (Lipinski definition) is 0. The van der Waals surface area contributed by atoms with E-state index in [1.165, 1.54) is 0 Å². The van der Waals surface area contributed by atoms with E-state index in [0.717, 1.165) is 23.3 Å². The summed E-state index contributed by atoms with van der Waals surface area (Å²) in [5.74, 6) is 0.703. The first-order valence-electron chi connectivity index (χ1n) is 5.45. The molecule has 0 aliphatic rings. The second kappa shape index (κ2) is 5.61. The number of pyridine rings is 1. The molecular weight excluding hydrogens is 292 g/mol. The van der Waals surface area contributed by atoms with Crippen molar-refractivity contribution in [3.8, 4) is 17.6 Å². The fourth-order valence-corrected chi connectivity index (χ4v) is 1.95. The van der Waals surface area contributed by atoms with Gasteiger partial charge in [-0.15, -0.1) is 6.58 Å². The van der Waals surface area contributed by atoms with Gasteiger partial charge in [0.15, 0.2) is 11.5 Å². The van der Waals surface area contributed by atoms with Gasteiger partial charge in [-0.2, -0.15) is 5.26 Å². The molecule has 0 spiro atoms. The lowest BCUT2D eigenvalue weighted by atomic mass is 10.3. The van der Waals surface area contributed by atoms with Gasteiger partial charge in [-0.1, -0.05) is 12.1 Å². The van der Waals surface area contributed by atoms with Crippen LogP contribution < -0.4 is 0 Å². The molecule has 2 aromatic rings. The van der Waals surface area contributed by atoms with Crippen molar-refractivity contribution in [1.29, 1.82) is 5.26 Å². The van der Waals surface area contributed by atoms with Crippen molar-refractivity contribution >= 4 is 15.9 Å². The minimum atomic E-state index is 0.399. The molecule has 4 nitrogen and oxygen atoms in total. The van der Waals surface area contributed by atoms with Gasteiger partial charge in [0.1, 0.15) is 16.4 Å². The molecule has 90 valence electrons. The molecule has 0 atom stereocenters. The molecule has 18 heavy (non-hydrogen) atoms. The molecule has 0 unspecified atom stereocenters. The lowest BCUT2D eigenvalue weighted by Gasteiger charge is -2.05. The Bertz CT molecular complexity index is 610. The van der Waals surface area contributed by atoms with Crippen LogP contribution in [0.5, 0.6) is 0 Å². The topological polar surface area (TPSA) is 54.5 Å². The molecule has 0 N–H and O–H groups in total. The smallest absolute Gasteiger partial charge is 0.160 e. The maximum Gasteiger partial charge on any atom is 0.160 e. The van der Waals surface area contributed by atoms with Gasteiger partial charge in [0.2, 0.25) is 0 Å². The van der Waals surface area contributed by atoms with Gasteiger partial charge in [0.25, 0.3) is 0 Å². The Kier molecular flexibility index (Phi) is 3.90. The highest BCUT2D eigenvalue weighted by molar-refractivity contribution is 9.10. The van der Waals surface area contributed by atoms with Gasteiger partial charge in [-0.3, -0.25) is 0 Å². The van der Waals surface area contributed by atoms with Crippen molar-refractivity contribution in [3.05, 3.63) is 47.3 Å². The fraction of sp³-hybridized carbons (Fsp3) is 0.154. The van der Waals surface area contributed by atoms with Crippen LogP contribution >= 0.6 is 15.9 Å². The average molecular weight is 303 g/mol. The Morgan fingerprint density at radius 1 is 1.44 bits per heavy atom. The van der Waals surface area contributed by atoms with Crippen LogP contribution in [0.3, 0.4) is 0 Å². The van der Waals surface area contributed by atoms with Crippen LogP contribution in [-0.4, -0.2) is 14.5 Å². The highest BCUT2D eigenvalue weighted by Gasteiger charge is 2.10. The lowest BCUT2D eigenvalue weighted by Crippen LogP contribution is -1.99. The number of aryl methyl sites for hydroxylation is 1. The van der Waals surface area contributed by atoms with E-state index in [9.17, 15) is 0 Å². The fourth-order valence-electron chi connectivity index (χ4n) is 1.61. The molecule has 0 bridgehead atoms. The maximum absolute atomic E-state index is 8.93. The molecule has 2 heterocycles. The summed E-state index contributed by atoms with van der Waals surface area (Å²) in [6.45, 7) is 4.44. The second-order valence-electron chi connectivity index (χ2n) is 3.68. The van der Waals surface area contributed by atoms with Gasteiger partial charge in [0.05, 0.1) is 0 Å². The molecule has 0 radical (unpaired) electrons. The predicted molar refractivity (Wildman–Crippen MR) is 72.7 cm³/mol. The van der Waals surface area contributed by atoms with Crippen molar-refractivity contribution in [2.75, 3.05) is 0 Å². The number of nitriles is 1. The summed E-state index contributed by atoms with van der Waals surface area (Å²) in [6.07, 6.45) is 4.40. The molecule has 5 heteroatoms. The first kappa shape index (κ1) is 12.5. The highest BCUT2D eigenvalue weighted by atomic mass is 79.9. The summed E-state index contributed by atoms with van der Waals surface area (Å²) >= 11 is 3.33. The van der Waals surface area contributed by atoms with Crippen LogP contribution in [0, 0.1) is 11.3 Å². The van der Waals surface area contributed by atoms with Gasteiger partial charge < -0.3 is 4.57 Å². The predicted octanol–water partition coefficient (Wildman–Crippen LogP) is 3.16. The summed E-state index contributed by atoms with van der Waals surface area (Å²) in [5.41, 5.74) is 1.14. The van der Waals surface area contributed by atoms with E-state index in [1.54, 1.807) is 6.20 Å². The van der Waals surface area contributed by atoms with Crippen LogP contribution in [0.2, 0.25) is 0 Å². The monoisotopic (exact) mass is 302 g/mol. The summed E-state index contributed by atoms with van der Waals surface area (Å²) in [5, 5.41) is 8.93. The lowest BCUT2D eigenvalue weighted by molar-refractivity contribution is 0.715. The van der Waals surface area contributed by atoms with Gasteiger partial charge in [0, 0.05) is 12.7 Å². The van der Waals surface area contributed by atoms with Crippen LogP contribution in [0.1, 0.15) is 12.1 Å². The van der Waals surface area contributed by atoms with Crippen molar-refractivity contribution in [2.24, 2.45) is 0 Å². The summed E-state index contributed by atoms with van der Waals surface area (Å²) < 4.78 is 2.67.